The number of pyridine rings is 1. The molecule has 1 aromatic heterocycles. The normalized spacial score (nSPS) is 13.6. The zero-order valence-corrected chi connectivity index (χ0v) is 12.1. The highest BCUT2D eigenvalue weighted by Gasteiger charge is 2.21. The van der Waals surface area contributed by atoms with E-state index >= 15 is 0 Å². The summed E-state index contributed by atoms with van der Waals surface area (Å²) in [4.78, 5) is 26.3. The molecule has 0 aromatic carbocycles. The molecule has 1 rings (SSSR count). The minimum Gasteiger partial charge on any atom is -0.461 e. The summed E-state index contributed by atoms with van der Waals surface area (Å²) in [5.74, 6) is -0.531. The fourth-order valence-corrected chi connectivity index (χ4v) is 2.01. The first-order valence-corrected chi connectivity index (χ1v) is 7.07. The van der Waals surface area contributed by atoms with Crippen LogP contribution >= 0.6 is 11.8 Å². The lowest BCUT2D eigenvalue weighted by Crippen LogP contribution is -2.23. The molecule has 6 nitrogen and oxygen atoms in total. The van der Waals surface area contributed by atoms with Gasteiger partial charge in [0.25, 0.3) is 0 Å². The summed E-state index contributed by atoms with van der Waals surface area (Å²) in [6.45, 7) is 3.29. The van der Waals surface area contributed by atoms with Crippen molar-refractivity contribution < 1.29 is 24.5 Å². The number of thioether (sulfide) groups is 1. The molecule has 7 heteroatoms. The Balaban J connectivity index is 2.77. The van der Waals surface area contributed by atoms with Crippen LogP contribution in [-0.2, 0) is 9.53 Å². The molecule has 0 aliphatic rings. The number of carbonyl (C=O) groups excluding carboxylic acids is 2. The molecular formula is C13H17NO5S. The number of nitrogens with zero attached hydrogens (tertiary/aromatic N) is 1. The Hall–Kier alpha value is -1.44. The van der Waals surface area contributed by atoms with E-state index in [2.05, 4.69) is 4.98 Å². The van der Waals surface area contributed by atoms with Crippen LogP contribution in [0.4, 0.5) is 0 Å². The van der Waals surface area contributed by atoms with E-state index in [-0.39, 0.29) is 28.9 Å². The third-order valence-electron chi connectivity index (χ3n) is 2.38. The fraction of sp³-hybridized carbons (Fsp3) is 0.462. The van der Waals surface area contributed by atoms with Crippen molar-refractivity contribution in [1.29, 1.82) is 0 Å². The van der Waals surface area contributed by atoms with E-state index in [0.717, 1.165) is 11.8 Å². The highest BCUT2D eigenvalue weighted by Crippen LogP contribution is 2.19. The van der Waals surface area contributed by atoms with Crippen molar-refractivity contribution in [2.45, 2.75) is 26.1 Å². The smallest absolute Gasteiger partial charge is 0.356 e. The molecule has 0 saturated heterocycles. The number of esters is 1. The van der Waals surface area contributed by atoms with Crippen molar-refractivity contribution in [3.05, 3.63) is 29.6 Å². The van der Waals surface area contributed by atoms with E-state index in [1.165, 1.54) is 19.1 Å². The first-order chi connectivity index (χ1) is 9.45. The number of aromatic nitrogens is 1. The highest BCUT2D eigenvalue weighted by atomic mass is 32.2. The summed E-state index contributed by atoms with van der Waals surface area (Å²) in [6, 6.07) is 4.50. The molecular weight excluding hydrogens is 282 g/mol. The second-order valence-electron chi connectivity index (χ2n) is 3.98. The van der Waals surface area contributed by atoms with Crippen LogP contribution in [0, 0.1) is 0 Å². The Bertz CT molecular complexity index is 480. The lowest BCUT2D eigenvalue weighted by atomic mass is 10.1. The van der Waals surface area contributed by atoms with Gasteiger partial charge in [-0.25, -0.2) is 9.78 Å². The van der Waals surface area contributed by atoms with E-state index in [9.17, 15) is 19.8 Å². The Morgan fingerprint density at radius 3 is 2.70 bits per heavy atom. The second-order valence-corrected chi connectivity index (χ2v) is 5.18. The summed E-state index contributed by atoms with van der Waals surface area (Å²) in [7, 11) is 0. The molecule has 0 aliphatic heterocycles. The Labute approximate surface area is 121 Å². The van der Waals surface area contributed by atoms with Crippen molar-refractivity contribution >= 4 is 22.8 Å². The minimum absolute atomic E-state index is 0.0574. The molecule has 0 saturated carbocycles. The van der Waals surface area contributed by atoms with Crippen molar-refractivity contribution in [3.8, 4) is 0 Å². The van der Waals surface area contributed by atoms with Crippen LogP contribution in [-0.4, -0.2) is 44.7 Å². The van der Waals surface area contributed by atoms with Gasteiger partial charge < -0.3 is 14.9 Å². The van der Waals surface area contributed by atoms with Gasteiger partial charge in [0.05, 0.1) is 18.4 Å². The summed E-state index contributed by atoms with van der Waals surface area (Å²) in [6.07, 6.45) is -2.41. The van der Waals surface area contributed by atoms with Crippen LogP contribution in [0.3, 0.4) is 0 Å². The minimum atomic E-state index is -1.27. The Morgan fingerprint density at radius 2 is 2.10 bits per heavy atom. The van der Waals surface area contributed by atoms with Gasteiger partial charge in [-0.2, -0.15) is 0 Å². The zero-order chi connectivity index (χ0) is 15.1. The quantitative estimate of drug-likeness (QED) is 0.754. The van der Waals surface area contributed by atoms with Crippen molar-refractivity contribution in [2.75, 3.05) is 12.4 Å². The molecule has 20 heavy (non-hydrogen) atoms. The third kappa shape index (κ3) is 4.92. The van der Waals surface area contributed by atoms with Gasteiger partial charge in [-0.3, -0.25) is 4.79 Å². The molecule has 0 radical (unpaired) electrons. The molecule has 0 aliphatic carbocycles. The summed E-state index contributed by atoms with van der Waals surface area (Å²) in [5.41, 5.74) is 0.224. The lowest BCUT2D eigenvalue weighted by Gasteiger charge is -2.16. The van der Waals surface area contributed by atoms with Gasteiger partial charge in [0, 0.05) is 12.7 Å². The standard InChI is InChI=1S/C13H17NO5S/c1-3-19-13(18)10-6-4-5-9(14-10)12(17)11(16)7-20-8(2)15/h4-6,11-12,16-17H,3,7H2,1-2H3. The Morgan fingerprint density at radius 1 is 1.40 bits per heavy atom. The van der Waals surface area contributed by atoms with Gasteiger partial charge in [-0.1, -0.05) is 17.8 Å². The monoisotopic (exact) mass is 299 g/mol. The summed E-state index contributed by atoms with van der Waals surface area (Å²) >= 11 is 0.913. The molecule has 0 amide bonds. The maximum atomic E-state index is 11.5. The van der Waals surface area contributed by atoms with E-state index < -0.39 is 18.2 Å². The topological polar surface area (TPSA) is 96.7 Å². The number of aliphatic hydroxyl groups is 2. The third-order valence-corrected chi connectivity index (χ3v) is 3.29. The molecule has 1 aromatic rings. The van der Waals surface area contributed by atoms with Gasteiger partial charge >= 0.3 is 5.97 Å². The largest absolute Gasteiger partial charge is 0.461 e. The number of hydrogen-bond donors (Lipinski definition) is 2. The van der Waals surface area contributed by atoms with Gasteiger partial charge in [0.1, 0.15) is 11.8 Å². The molecule has 0 bridgehead atoms. The molecule has 110 valence electrons. The maximum Gasteiger partial charge on any atom is 0.356 e. The van der Waals surface area contributed by atoms with Gasteiger partial charge in [0.15, 0.2) is 5.12 Å². The first-order valence-electron chi connectivity index (χ1n) is 6.09. The highest BCUT2D eigenvalue weighted by molar-refractivity contribution is 8.13. The molecule has 2 atom stereocenters. The number of aliphatic hydroxyl groups excluding tert-OH is 2. The van der Waals surface area contributed by atoms with Gasteiger partial charge in [-0.15, -0.1) is 0 Å². The van der Waals surface area contributed by atoms with Crippen LogP contribution in [0.25, 0.3) is 0 Å². The zero-order valence-electron chi connectivity index (χ0n) is 11.3. The van der Waals surface area contributed by atoms with Crippen LogP contribution in [0.5, 0.6) is 0 Å². The number of carbonyl (C=O) groups is 2. The number of hydrogen-bond acceptors (Lipinski definition) is 7. The van der Waals surface area contributed by atoms with Gasteiger partial charge in [-0.05, 0) is 19.1 Å². The van der Waals surface area contributed by atoms with Crippen LogP contribution in [0.15, 0.2) is 18.2 Å². The van der Waals surface area contributed by atoms with Crippen LogP contribution < -0.4 is 0 Å². The number of rotatable bonds is 6. The predicted octanol–water partition coefficient (Wildman–Crippen LogP) is 0.932. The SMILES string of the molecule is CCOC(=O)c1cccc(C(O)C(O)CSC(C)=O)n1. The molecule has 2 unspecified atom stereocenters. The molecule has 2 N–H and O–H groups in total. The fourth-order valence-electron chi connectivity index (χ4n) is 1.43. The van der Waals surface area contributed by atoms with E-state index in [4.69, 9.17) is 4.74 Å². The summed E-state index contributed by atoms with van der Waals surface area (Å²) in [5, 5.41) is 19.6. The molecule has 0 fully saturated rings. The van der Waals surface area contributed by atoms with Gasteiger partial charge in [0.2, 0.25) is 0 Å². The van der Waals surface area contributed by atoms with Crippen LogP contribution in [0.1, 0.15) is 36.1 Å². The van der Waals surface area contributed by atoms with Crippen molar-refractivity contribution in [3.63, 3.8) is 0 Å². The van der Waals surface area contributed by atoms with Crippen LogP contribution in [0.2, 0.25) is 0 Å². The maximum absolute atomic E-state index is 11.5. The molecule has 1 heterocycles. The van der Waals surface area contributed by atoms with E-state index in [0.29, 0.717) is 0 Å². The predicted molar refractivity (Wildman–Crippen MR) is 74.3 cm³/mol. The van der Waals surface area contributed by atoms with Crippen molar-refractivity contribution in [2.24, 2.45) is 0 Å². The van der Waals surface area contributed by atoms with Crippen molar-refractivity contribution in [1.82, 2.24) is 4.98 Å². The summed E-state index contributed by atoms with van der Waals surface area (Å²) < 4.78 is 4.81. The first kappa shape index (κ1) is 16.6. The lowest BCUT2D eigenvalue weighted by molar-refractivity contribution is -0.109. The molecule has 0 spiro atoms. The van der Waals surface area contributed by atoms with E-state index in [1.54, 1.807) is 13.0 Å². The average Bonchev–Trinajstić information content (AvgIpc) is 2.44. The number of ether oxygens (including phenoxy) is 1. The van der Waals surface area contributed by atoms with E-state index in [1.807, 2.05) is 0 Å². The second kappa shape index (κ2) is 7.98. The average molecular weight is 299 g/mol. The Kier molecular flexibility index (Phi) is 6.63.